The first-order valence-electron chi connectivity index (χ1n) is 10.0. The summed E-state index contributed by atoms with van der Waals surface area (Å²) in [5.74, 6) is -0.356. The highest BCUT2D eigenvalue weighted by Gasteiger charge is 2.19. The third kappa shape index (κ3) is 4.92. The Kier molecular flexibility index (Phi) is 6.22. The largest absolute Gasteiger partial charge is 0.322 e. The minimum absolute atomic E-state index is 0.0460. The van der Waals surface area contributed by atoms with Crippen molar-refractivity contribution in [2.24, 2.45) is 0 Å². The standard InChI is InChI=1S/C24H21ClN4O3S/c1-16-7-10-19(15-23(16)33(31,32)28-22-6-4-3-5-21(22)25)27-24(30)18-8-11-20(12-9-18)29-17(2)13-14-26-29/h3-15,28H,1-2H3,(H,27,30). The van der Waals surface area contributed by atoms with Gasteiger partial charge in [0, 0.05) is 23.1 Å². The highest BCUT2D eigenvalue weighted by atomic mass is 35.5. The maximum absolute atomic E-state index is 13.0. The monoisotopic (exact) mass is 480 g/mol. The van der Waals surface area contributed by atoms with Gasteiger partial charge in [-0.05, 0) is 74.0 Å². The molecule has 0 aliphatic rings. The van der Waals surface area contributed by atoms with Crippen molar-refractivity contribution in [3.8, 4) is 5.69 Å². The summed E-state index contributed by atoms with van der Waals surface area (Å²) < 4.78 is 30.2. The fraction of sp³-hybridized carbons (Fsp3) is 0.0833. The number of aryl methyl sites for hydroxylation is 2. The summed E-state index contributed by atoms with van der Waals surface area (Å²) in [6.45, 7) is 3.63. The number of carbonyl (C=O) groups excluding carboxylic acids is 1. The van der Waals surface area contributed by atoms with Crippen LogP contribution >= 0.6 is 11.6 Å². The second-order valence-corrected chi connectivity index (χ2v) is 9.51. The average Bonchev–Trinajstić information content (AvgIpc) is 3.22. The number of anilines is 2. The van der Waals surface area contributed by atoms with Crippen LogP contribution in [0, 0.1) is 13.8 Å². The highest BCUT2D eigenvalue weighted by Crippen LogP contribution is 2.27. The highest BCUT2D eigenvalue weighted by molar-refractivity contribution is 7.92. The number of sulfonamides is 1. The fourth-order valence-electron chi connectivity index (χ4n) is 3.31. The molecule has 2 N–H and O–H groups in total. The molecule has 0 aliphatic carbocycles. The van der Waals surface area contributed by atoms with Crippen molar-refractivity contribution >= 4 is 38.9 Å². The van der Waals surface area contributed by atoms with Gasteiger partial charge in [-0.2, -0.15) is 5.10 Å². The minimum atomic E-state index is -3.92. The maximum Gasteiger partial charge on any atom is 0.262 e. The van der Waals surface area contributed by atoms with Gasteiger partial charge in [0.25, 0.3) is 15.9 Å². The van der Waals surface area contributed by atoms with Crippen LogP contribution in [0.25, 0.3) is 5.69 Å². The average molecular weight is 481 g/mol. The Balaban J connectivity index is 1.55. The van der Waals surface area contributed by atoms with Gasteiger partial charge in [0.2, 0.25) is 0 Å². The molecule has 0 fully saturated rings. The zero-order valence-corrected chi connectivity index (χ0v) is 19.5. The Hall–Kier alpha value is -3.62. The number of hydrogen-bond donors (Lipinski definition) is 2. The first-order valence-corrected chi connectivity index (χ1v) is 11.9. The van der Waals surface area contributed by atoms with Crippen molar-refractivity contribution in [1.82, 2.24) is 9.78 Å². The van der Waals surface area contributed by atoms with Crippen LogP contribution in [0.1, 0.15) is 21.6 Å². The Morgan fingerprint density at radius 2 is 1.70 bits per heavy atom. The molecule has 0 saturated heterocycles. The first kappa shape index (κ1) is 22.6. The van der Waals surface area contributed by atoms with E-state index < -0.39 is 10.0 Å². The molecule has 0 bridgehead atoms. The summed E-state index contributed by atoms with van der Waals surface area (Å²) in [5.41, 5.74) is 3.42. The van der Waals surface area contributed by atoms with Crippen LogP contribution in [-0.4, -0.2) is 24.1 Å². The molecule has 1 amide bonds. The zero-order chi connectivity index (χ0) is 23.6. The second-order valence-electron chi connectivity index (χ2n) is 7.45. The molecule has 0 radical (unpaired) electrons. The zero-order valence-electron chi connectivity index (χ0n) is 17.9. The van der Waals surface area contributed by atoms with E-state index in [0.717, 1.165) is 11.4 Å². The lowest BCUT2D eigenvalue weighted by molar-refractivity contribution is 0.102. The minimum Gasteiger partial charge on any atom is -0.322 e. The summed E-state index contributed by atoms with van der Waals surface area (Å²) in [5, 5.41) is 7.30. The van der Waals surface area contributed by atoms with Gasteiger partial charge >= 0.3 is 0 Å². The summed E-state index contributed by atoms with van der Waals surface area (Å²) in [7, 11) is -3.92. The topological polar surface area (TPSA) is 93.1 Å². The van der Waals surface area contributed by atoms with E-state index in [1.165, 1.54) is 6.07 Å². The number of nitrogens with one attached hydrogen (secondary N) is 2. The Bertz CT molecular complexity index is 1430. The van der Waals surface area contributed by atoms with E-state index in [1.54, 1.807) is 78.5 Å². The van der Waals surface area contributed by atoms with E-state index in [-0.39, 0.29) is 21.5 Å². The molecule has 1 aromatic heterocycles. The van der Waals surface area contributed by atoms with E-state index in [1.807, 2.05) is 13.0 Å². The number of nitrogens with zero attached hydrogens (tertiary/aromatic N) is 2. The van der Waals surface area contributed by atoms with E-state index in [2.05, 4.69) is 15.1 Å². The SMILES string of the molecule is Cc1ccc(NC(=O)c2ccc(-n3nccc3C)cc2)cc1S(=O)(=O)Nc1ccccc1Cl. The number of carbonyl (C=O) groups is 1. The quantitative estimate of drug-likeness (QED) is 0.397. The smallest absolute Gasteiger partial charge is 0.262 e. The molecule has 0 unspecified atom stereocenters. The van der Waals surface area contributed by atoms with Gasteiger partial charge in [0.1, 0.15) is 0 Å². The van der Waals surface area contributed by atoms with Crippen molar-refractivity contribution < 1.29 is 13.2 Å². The Labute approximate surface area is 197 Å². The molecule has 0 saturated carbocycles. The van der Waals surface area contributed by atoms with Crippen molar-refractivity contribution in [2.75, 3.05) is 10.0 Å². The van der Waals surface area contributed by atoms with Crippen LogP contribution in [0.3, 0.4) is 0 Å². The summed E-state index contributed by atoms with van der Waals surface area (Å²) in [6.07, 6.45) is 1.71. The van der Waals surface area contributed by atoms with Crippen molar-refractivity contribution in [2.45, 2.75) is 18.7 Å². The molecule has 3 aromatic carbocycles. The number of halogens is 1. The van der Waals surface area contributed by atoms with E-state index >= 15 is 0 Å². The lowest BCUT2D eigenvalue weighted by Gasteiger charge is -2.13. The van der Waals surface area contributed by atoms with Crippen LogP contribution in [0.5, 0.6) is 0 Å². The summed E-state index contributed by atoms with van der Waals surface area (Å²) in [6, 6.07) is 20.2. The molecule has 9 heteroatoms. The fourth-order valence-corrected chi connectivity index (χ4v) is 4.90. The van der Waals surface area contributed by atoms with Crippen molar-refractivity contribution in [3.63, 3.8) is 0 Å². The Morgan fingerprint density at radius 1 is 0.970 bits per heavy atom. The van der Waals surface area contributed by atoms with Gasteiger partial charge in [0.05, 0.1) is 21.3 Å². The summed E-state index contributed by atoms with van der Waals surface area (Å²) >= 11 is 6.09. The molecule has 33 heavy (non-hydrogen) atoms. The number of hydrogen-bond acceptors (Lipinski definition) is 4. The molecular weight excluding hydrogens is 460 g/mol. The van der Waals surface area contributed by atoms with Crippen LogP contribution in [0.4, 0.5) is 11.4 Å². The molecule has 0 atom stereocenters. The van der Waals surface area contributed by atoms with Gasteiger partial charge in [-0.25, -0.2) is 13.1 Å². The van der Waals surface area contributed by atoms with Crippen LogP contribution in [0.2, 0.25) is 5.02 Å². The number of aromatic nitrogens is 2. The maximum atomic E-state index is 13.0. The predicted molar refractivity (Wildman–Crippen MR) is 130 cm³/mol. The third-order valence-corrected chi connectivity index (χ3v) is 6.90. The second kappa shape index (κ2) is 9.09. The molecule has 168 valence electrons. The normalized spacial score (nSPS) is 11.2. The van der Waals surface area contributed by atoms with Crippen LogP contribution < -0.4 is 10.0 Å². The summed E-state index contributed by atoms with van der Waals surface area (Å²) in [4.78, 5) is 12.8. The Morgan fingerprint density at radius 3 is 2.36 bits per heavy atom. The molecule has 0 aliphatic heterocycles. The number of rotatable bonds is 6. The molecule has 4 aromatic rings. The predicted octanol–water partition coefficient (Wildman–Crippen LogP) is 5.20. The van der Waals surface area contributed by atoms with E-state index in [4.69, 9.17) is 11.6 Å². The third-order valence-electron chi connectivity index (χ3n) is 5.06. The molecule has 4 rings (SSSR count). The van der Waals surface area contributed by atoms with Gasteiger partial charge in [-0.15, -0.1) is 0 Å². The van der Waals surface area contributed by atoms with Gasteiger partial charge in [0.15, 0.2) is 0 Å². The van der Waals surface area contributed by atoms with Crippen LogP contribution in [-0.2, 0) is 10.0 Å². The first-order chi connectivity index (χ1) is 15.7. The van der Waals surface area contributed by atoms with E-state index in [0.29, 0.717) is 16.8 Å². The number of para-hydroxylation sites is 1. The molecular formula is C24H21ClN4O3S. The number of amides is 1. The number of benzene rings is 3. The lowest BCUT2D eigenvalue weighted by atomic mass is 10.1. The van der Waals surface area contributed by atoms with Gasteiger partial charge in [-0.1, -0.05) is 29.8 Å². The lowest BCUT2D eigenvalue weighted by Crippen LogP contribution is -2.16. The van der Waals surface area contributed by atoms with E-state index in [9.17, 15) is 13.2 Å². The molecule has 1 heterocycles. The van der Waals surface area contributed by atoms with Gasteiger partial charge < -0.3 is 5.32 Å². The molecule has 0 spiro atoms. The molecule has 7 nitrogen and oxygen atoms in total. The van der Waals surface area contributed by atoms with Crippen LogP contribution in [0.15, 0.2) is 83.9 Å². The van der Waals surface area contributed by atoms with Crippen molar-refractivity contribution in [3.05, 3.63) is 101 Å². The van der Waals surface area contributed by atoms with Gasteiger partial charge in [-0.3, -0.25) is 9.52 Å². The van der Waals surface area contributed by atoms with Crippen molar-refractivity contribution in [1.29, 1.82) is 0 Å².